The zero-order valence-corrected chi connectivity index (χ0v) is 12.5. The van der Waals surface area contributed by atoms with Crippen molar-refractivity contribution in [2.45, 2.75) is 19.9 Å². The molecule has 0 unspecified atom stereocenters. The molecule has 0 bridgehead atoms. The molecule has 6 nitrogen and oxygen atoms in total. The molecule has 0 aliphatic rings. The zero-order chi connectivity index (χ0) is 15.1. The van der Waals surface area contributed by atoms with Crippen LogP contribution in [-0.2, 0) is 14.3 Å². The number of esters is 1. The minimum absolute atomic E-state index is 0.143. The average molecular weight is 298 g/mol. The van der Waals surface area contributed by atoms with Crippen molar-refractivity contribution in [1.82, 2.24) is 10.6 Å². The van der Waals surface area contributed by atoms with Gasteiger partial charge in [0.2, 0.25) is 0 Å². The van der Waals surface area contributed by atoms with Crippen molar-refractivity contribution in [3.8, 4) is 0 Å². The van der Waals surface area contributed by atoms with Crippen molar-refractivity contribution in [2.24, 2.45) is 5.92 Å². The maximum Gasteiger partial charge on any atom is 0.329 e. The molecule has 0 fully saturated rings. The highest BCUT2D eigenvalue weighted by Crippen LogP contribution is 2.11. The number of thiophene rings is 1. The summed E-state index contributed by atoms with van der Waals surface area (Å²) in [6.07, 6.45) is 0. The summed E-state index contributed by atoms with van der Waals surface area (Å²) in [5.41, 5.74) is 0. The topological polar surface area (TPSA) is 84.5 Å². The van der Waals surface area contributed by atoms with Gasteiger partial charge in [-0.05, 0) is 17.4 Å². The molecule has 7 heteroatoms. The second-order valence-electron chi connectivity index (χ2n) is 4.45. The van der Waals surface area contributed by atoms with Gasteiger partial charge in [0.05, 0.1) is 4.88 Å². The Balaban J connectivity index is 2.62. The third-order valence-electron chi connectivity index (χ3n) is 2.58. The molecule has 0 aliphatic carbocycles. The van der Waals surface area contributed by atoms with Gasteiger partial charge in [0.25, 0.3) is 11.8 Å². The van der Waals surface area contributed by atoms with Gasteiger partial charge in [-0.25, -0.2) is 4.79 Å². The first-order valence-electron chi connectivity index (χ1n) is 6.17. The Morgan fingerprint density at radius 1 is 1.35 bits per heavy atom. The zero-order valence-electron chi connectivity index (χ0n) is 11.6. The van der Waals surface area contributed by atoms with E-state index in [1.807, 2.05) is 0 Å². The maximum absolute atomic E-state index is 11.9. The van der Waals surface area contributed by atoms with Crippen LogP contribution >= 0.6 is 11.3 Å². The molecule has 1 aromatic rings. The first-order chi connectivity index (χ1) is 9.45. The standard InChI is InChI=1S/C13H18N2O4S/c1-8(2)11(13(18)19-7-10(16)14-3)15-12(17)9-5-4-6-20-9/h4-6,8,11H,7H2,1-3H3,(H,14,16)(H,15,17)/t11-/m1/s1. The number of amides is 2. The van der Waals surface area contributed by atoms with E-state index >= 15 is 0 Å². The number of rotatable bonds is 6. The minimum atomic E-state index is -0.783. The fraction of sp³-hybridized carbons (Fsp3) is 0.462. The predicted molar refractivity (Wildman–Crippen MR) is 75.4 cm³/mol. The molecule has 0 aromatic carbocycles. The first kappa shape index (κ1) is 16.2. The summed E-state index contributed by atoms with van der Waals surface area (Å²) >= 11 is 1.29. The summed E-state index contributed by atoms with van der Waals surface area (Å²) < 4.78 is 4.87. The van der Waals surface area contributed by atoms with Gasteiger partial charge in [-0.1, -0.05) is 19.9 Å². The van der Waals surface area contributed by atoms with Crippen LogP contribution in [-0.4, -0.2) is 37.5 Å². The molecule has 110 valence electrons. The molecule has 0 aliphatic heterocycles. The fourth-order valence-electron chi connectivity index (χ4n) is 1.42. The number of carbonyl (C=O) groups excluding carboxylic acids is 3. The van der Waals surface area contributed by atoms with E-state index in [4.69, 9.17) is 4.74 Å². The number of nitrogens with one attached hydrogen (secondary N) is 2. The Kier molecular flexibility index (Phi) is 6.17. The SMILES string of the molecule is CNC(=O)COC(=O)[C@H](NC(=O)c1cccs1)C(C)C. The van der Waals surface area contributed by atoms with Gasteiger partial charge < -0.3 is 15.4 Å². The highest BCUT2D eigenvalue weighted by molar-refractivity contribution is 7.12. The van der Waals surface area contributed by atoms with Crippen LogP contribution in [0.1, 0.15) is 23.5 Å². The number of carbonyl (C=O) groups is 3. The van der Waals surface area contributed by atoms with E-state index in [9.17, 15) is 14.4 Å². The normalized spacial score (nSPS) is 11.8. The van der Waals surface area contributed by atoms with Crippen molar-refractivity contribution in [1.29, 1.82) is 0 Å². The summed E-state index contributed by atoms with van der Waals surface area (Å²) in [4.78, 5) is 35.4. The molecule has 1 aromatic heterocycles. The largest absolute Gasteiger partial charge is 0.454 e. The number of ether oxygens (including phenoxy) is 1. The molecule has 0 spiro atoms. The highest BCUT2D eigenvalue weighted by Gasteiger charge is 2.26. The van der Waals surface area contributed by atoms with Gasteiger partial charge in [0, 0.05) is 7.05 Å². The van der Waals surface area contributed by atoms with Gasteiger partial charge in [0.15, 0.2) is 6.61 Å². The molecule has 20 heavy (non-hydrogen) atoms. The van der Waals surface area contributed by atoms with Crippen molar-refractivity contribution >= 4 is 29.1 Å². The monoisotopic (exact) mass is 298 g/mol. The van der Waals surface area contributed by atoms with Crippen LogP contribution < -0.4 is 10.6 Å². The second kappa shape index (κ2) is 7.64. The number of likely N-dealkylation sites (N-methyl/N-ethyl adjacent to an activating group) is 1. The van der Waals surface area contributed by atoms with Crippen LogP contribution in [0.25, 0.3) is 0 Å². The van der Waals surface area contributed by atoms with Crippen LogP contribution in [0.3, 0.4) is 0 Å². The molecule has 2 amide bonds. The fourth-order valence-corrected chi connectivity index (χ4v) is 2.04. The van der Waals surface area contributed by atoms with Crippen LogP contribution in [0.15, 0.2) is 17.5 Å². The van der Waals surface area contributed by atoms with Crippen molar-refractivity contribution < 1.29 is 19.1 Å². The Labute approximate surface area is 121 Å². The molecule has 0 radical (unpaired) electrons. The average Bonchev–Trinajstić information content (AvgIpc) is 2.95. The lowest BCUT2D eigenvalue weighted by atomic mass is 10.0. The lowest BCUT2D eigenvalue weighted by molar-refractivity contribution is -0.151. The Morgan fingerprint density at radius 2 is 2.05 bits per heavy atom. The van der Waals surface area contributed by atoms with Crippen LogP contribution in [0, 0.1) is 5.92 Å². The second-order valence-corrected chi connectivity index (χ2v) is 5.40. The van der Waals surface area contributed by atoms with Gasteiger partial charge >= 0.3 is 5.97 Å². The molecule has 0 saturated heterocycles. The molecular weight excluding hydrogens is 280 g/mol. The van der Waals surface area contributed by atoms with Crippen LogP contribution in [0.4, 0.5) is 0 Å². The summed E-state index contributed by atoms with van der Waals surface area (Å²) in [6.45, 7) is 3.23. The third kappa shape index (κ3) is 4.65. The number of hydrogen-bond donors (Lipinski definition) is 2. The van der Waals surface area contributed by atoms with Crippen LogP contribution in [0.2, 0.25) is 0 Å². The molecule has 2 N–H and O–H groups in total. The summed E-state index contributed by atoms with van der Waals surface area (Å²) in [5, 5.41) is 6.76. The number of hydrogen-bond acceptors (Lipinski definition) is 5. The molecule has 0 saturated carbocycles. The van der Waals surface area contributed by atoms with E-state index in [1.165, 1.54) is 18.4 Å². The lowest BCUT2D eigenvalue weighted by Gasteiger charge is -2.20. The van der Waals surface area contributed by atoms with Gasteiger partial charge in [-0.2, -0.15) is 0 Å². The van der Waals surface area contributed by atoms with E-state index in [0.717, 1.165) is 0 Å². The molecule has 1 rings (SSSR count). The third-order valence-corrected chi connectivity index (χ3v) is 3.45. The minimum Gasteiger partial charge on any atom is -0.454 e. The highest BCUT2D eigenvalue weighted by atomic mass is 32.1. The smallest absolute Gasteiger partial charge is 0.329 e. The Morgan fingerprint density at radius 3 is 2.55 bits per heavy atom. The van der Waals surface area contributed by atoms with Crippen molar-refractivity contribution in [3.05, 3.63) is 22.4 Å². The molecule has 1 atom stereocenters. The van der Waals surface area contributed by atoms with Gasteiger partial charge in [0.1, 0.15) is 6.04 Å². The summed E-state index contributed by atoms with van der Waals surface area (Å²) in [5.74, 6) is -1.48. The predicted octanol–water partition coefficient (Wildman–Crippen LogP) is 0.792. The van der Waals surface area contributed by atoms with Crippen molar-refractivity contribution in [3.63, 3.8) is 0 Å². The van der Waals surface area contributed by atoms with Gasteiger partial charge in [-0.3, -0.25) is 9.59 Å². The van der Waals surface area contributed by atoms with E-state index in [1.54, 1.807) is 31.4 Å². The van der Waals surface area contributed by atoms with E-state index < -0.39 is 17.9 Å². The van der Waals surface area contributed by atoms with Crippen LogP contribution in [0.5, 0.6) is 0 Å². The van der Waals surface area contributed by atoms with E-state index in [2.05, 4.69) is 10.6 Å². The summed E-state index contributed by atoms with van der Waals surface area (Å²) in [7, 11) is 1.45. The molecule has 1 heterocycles. The maximum atomic E-state index is 11.9. The Hall–Kier alpha value is -1.89. The lowest BCUT2D eigenvalue weighted by Crippen LogP contribution is -2.45. The van der Waals surface area contributed by atoms with Gasteiger partial charge in [-0.15, -0.1) is 11.3 Å². The summed E-state index contributed by atoms with van der Waals surface area (Å²) in [6, 6.07) is 2.65. The van der Waals surface area contributed by atoms with E-state index in [0.29, 0.717) is 4.88 Å². The first-order valence-corrected chi connectivity index (χ1v) is 7.05. The van der Waals surface area contributed by atoms with Crippen molar-refractivity contribution in [2.75, 3.05) is 13.7 Å². The van der Waals surface area contributed by atoms with E-state index in [-0.39, 0.29) is 18.4 Å². The Bertz CT molecular complexity index is 471. The quantitative estimate of drug-likeness (QED) is 0.761. The molecular formula is C13H18N2O4S.